The highest BCUT2D eigenvalue weighted by Crippen LogP contribution is 2.25. The molecule has 1 aromatic carbocycles. The molecule has 0 spiro atoms. The number of nitrogens with zero attached hydrogens (tertiary/aromatic N) is 2. The Labute approximate surface area is 113 Å². The number of thiocarbonyl (C=S) groups is 1. The lowest BCUT2D eigenvalue weighted by Crippen LogP contribution is -2.13. The largest absolute Gasteiger partial charge is 0.437 e. The summed E-state index contributed by atoms with van der Waals surface area (Å²) >= 11 is 10.4. The topological polar surface area (TPSA) is 61.0 Å². The molecule has 2 aromatic rings. The van der Waals surface area contributed by atoms with Gasteiger partial charge in [0.1, 0.15) is 16.6 Å². The van der Waals surface area contributed by atoms with Crippen molar-refractivity contribution in [2.75, 3.05) is 0 Å². The van der Waals surface area contributed by atoms with Crippen LogP contribution < -0.4 is 10.5 Å². The van der Waals surface area contributed by atoms with Crippen LogP contribution in [0.15, 0.2) is 30.6 Å². The van der Waals surface area contributed by atoms with Gasteiger partial charge in [-0.15, -0.1) is 0 Å². The van der Waals surface area contributed by atoms with Crippen LogP contribution in [-0.4, -0.2) is 15.0 Å². The minimum atomic E-state index is -0.588. The minimum absolute atomic E-state index is 0.0102. The van der Waals surface area contributed by atoms with Crippen molar-refractivity contribution < 1.29 is 9.13 Å². The highest BCUT2D eigenvalue weighted by molar-refractivity contribution is 7.80. The maximum absolute atomic E-state index is 13.2. The van der Waals surface area contributed by atoms with E-state index in [-0.39, 0.29) is 27.3 Å². The van der Waals surface area contributed by atoms with Crippen LogP contribution in [0.3, 0.4) is 0 Å². The van der Waals surface area contributed by atoms with E-state index in [1.165, 1.54) is 24.5 Å². The van der Waals surface area contributed by atoms with Crippen molar-refractivity contribution in [3.63, 3.8) is 0 Å². The summed E-state index contributed by atoms with van der Waals surface area (Å²) in [7, 11) is 0. The molecule has 4 nitrogen and oxygen atoms in total. The van der Waals surface area contributed by atoms with Gasteiger partial charge in [0.15, 0.2) is 5.69 Å². The first-order valence-corrected chi connectivity index (χ1v) is 5.60. The van der Waals surface area contributed by atoms with Gasteiger partial charge in [-0.3, -0.25) is 0 Å². The molecule has 0 aliphatic carbocycles. The van der Waals surface area contributed by atoms with E-state index in [0.29, 0.717) is 0 Å². The molecule has 1 heterocycles. The van der Waals surface area contributed by atoms with Crippen LogP contribution in [0, 0.1) is 5.82 Å². The molecule has 0 radical (unpaired) electrons. The van der Waals surface area contributed by atoms with E-state index in [4.69, 9.17) is 34.3 Å². The second kappa shape index (κ2) is 5.24. The van der Waals surface area contributed by atoms with Crippen LogP contribution in [0.4, 0.5) is 4.39 Å². The fourth-order valence-electron chi connectivity index (χ4n) is 1.22. The van der Waals surface area contributed by atoms with Gasteiger partial charge in [-0.25, -0.2) is 14.4 Å². The molecule has 2 rings (SSSR count). The van der Waals surface area contributed by atoms with Gasteiger partial charge in [0.2, 0.25) is 5.88 Å². The van der Waals surface area contributed by atoms with E-state index in [1.807, 2.05) is 0 Å². The van der Waals surface area contributed by atoms with Crippen LogP contribution in [0.25, 0.3) is 0 Å². The third kappa shape index (κ3) is 2.72. The van der Waals surface area contributed by atoms with E-state index in [0.717, 1.165) is 6.07 Å². The highest BCUT2D eigenvalue weighted by atomic mass is 35.5. The molecule has 0 amide bonds. The smallest absolute Gasteiger partial charge is 0.248 e. The van der Waals surface area contributed by atoms with Crippen molar-refractivity contribution in [1.29, 1.82) is 0 Å². The van der Waals surface area contributed by atoms with Gasteiger partial charge in [0.05, 0.1) is 5.02 Å². The lowest BCUT2D eigenvalue weighted by atomic mass is 10.3. The number of hydrogen-bond acceptors (Lipinski definition) is 4. The third-order valence-electron chi connectivity index (χ3n) is 2.00. The van der Waals surface area contributed by atoms with Crippen LogP contribution in [0.2, 0.25) is 5.02 Å². The van der Waals surface area contributed by atoms with Gasteiger partial charge >= 0.3 is 0 Å². The Kier molecular flexibility index (Phi) is 3.69. The van der Waals surface area contributed by atoms with E-state index in [9.17, 15) is 4.39 Å². The summed E-state index contributed by atoms with van der Waals surface area (Å²) in [5, 5.41) is 0.0102. The molecule has 92 valence electrons. The predicted octanol–water partition coefficient (Wildman–Crippen LogP) is 2.70. The zero-order valence-corrected chi connectivity index (χ0v) is 10.5. The lowest BCUT2D eigenvalue weighted by molar-refractivity contribution is 0.454. The number of hydrogen-bond donors (Lipinski definition) is 1. The summed E-state index contributed by atoms with van der Waals surface area (Å²) in [5.41, 5.74) is 5.71. The van der Waals surface area contributed by atoms with E-state index >= 15 is 0 Å². The van der Waals surface area contributed by atoms with Gasteiger partial charge in [0, 0.05) is 18.5 Å². The van der Waals surface area contributed by atoms with Crippen molar-refractivity contribution >= 4 is 28.8 Å². The van der Waals surface area contributed by atoms with Crippen molar-refractivity contribution in [2.24, 2.45) is 5.73 Å². The minimum Gasteiger partial charge on any atom is -0.437 e. The maximum Gasteiger partial charge on any atom is 0.248 e. The number of rotatable bonds is 3. The molecule has 7 heteroatoms. The molecule has 0 bridgehead atoms. The van der Waals surface area contributed by atoms with Crippen molar-refractivity contribution in [2.45, 2.75) is 0 Å². The fourth-order valence-corrected chi connectivity index (χ4v) is 1.48. The summed E-state index contributed by atoms with van der Waals surface area (Å²) in [6, 6.07) is 4.02. The average molecular weight is 284 g/mol. The summed E-state index contributed by atoms with van der Waals surface area (Å²) in [6.45, 7) is 0. The zero-order valence-electron chi connectivity index (χ0n) is 8.93. The Hall–Kier alpha value is -1.79. The van der Waals surface area contributed by atoms with Crippen LogP contribution >= 0.6 is 23.8 Å². The molecule has 2 N–H and O–H groups in total. The van der Waals surface area contributed by atoms with Gasteiger partial charge in [0.25, 0.3) is 0 Å². The Morgan fingerprint density at radius 1 is 1.33 bits per heavy atom. The zero-order chi connectivity index (χ0) is 13.1. The van der Waals surface area contributed by atoms with Crippen LogP contribution in [0.1, 0.15) is 5.69 Å². The summed E-state index contributed by atoms with van der Waals surface area (Å²) in [4.78, 5) is 7.93. The fraction of sp³-hybridized carbons (Fsp3) is 0. The van der Waals surface area contributed by atoms with Crippen molar-refractivity contribution in [3.05, 3.63) is 47.1 Å². The number of nitrogens with two attached hydrogens (primary N) is 1. The van der Waals surface area contributed by atoms with Crippen LogP contribution in [-0.2, 0) is 0 Å². The molecule has 0 saturated carbocycles. The standard InChI is InChI=1S/C11H7ClFN3OS/c12-7-2-1-6(5-8(7)13)17-11-9(10(14)18)15-3-4-16-11/h1-5H,(H2,14,18). The number of ether oxygens (including phenoxy) is 1. The Balaban J connectivity index is 2.34. The monoisotopic (exact) mass is 283 g/mol. The highest BCUT2D eigenvalue weighted by Gasteiger charge is 2.11. The van der Waals surface area contributed by atoms with Crippen LogP contribution in [0.5, 0.6) is 11.6 Å². The van der Waals surface area contributed by atoms with Gasteiger partial charge in [-0.05, 0) is 12.1 Å². The molecule has 0 atom stereocenters. The first kappa shape index (κ1) is 12.7. The first-order valence-electron chi connectivity index (χ1n) is 4.81. The van der Waals surface area contributed by atoms with Crippen molar-refractivity contribution in [3.8, 4) is 11.6 Å². The van der Waals surface area contributed by atoms with E-state index < -0.39 is 5.82 Å². The third-order valence-corrected chi connectivity index (χ3v) is 2.50. The Morgan fingerprint density at radius 3 is 2.72 bits per heavy atom. The molecular weight excluding hydrogens is 277 g/mol. The maximum atomic E-state index is 13.2. The first-order chi connectivity index (χ1) is 8.58. The Morgan fingerprint density at radius 2 is 2.06 bits per heavy atom. The molecular formula is C11H7ClFN3OS. The molecule has 0 aliphatic heterocycles. The second-order valence-electron chi connectivity index (χ2n) is 3.25. The number of halogens is 2. The predicted molar refractivity (Wildman–Crippen MR) is 69.4 cm³/mol. The average Bonchev–Trinajstić information content (AvgIpc) is 2.34. The number of aromatic nitrogens is 2. The second-order valence-corrected chi connectivity index (χ2v) is 4.10. The molecule has 1 aromatic heterocycles. The molecule has 18 heavy (non-hydrogen) atoms. The van der Waals surface area contributed by atoms with Crippen molar-refractivity contribution in [1.82, 2.24) is 9.97 Å². The van der Waals surface area contributed by atoms with E-state index in [1.54, 1.807) is 0 Å². The number of benzene rings is 1. The summed E-state index contributed by atoms with van der Waals surface area (Å²) in [5.74, 6) is -0.239. The lowest BCUT2D eigenvalue weighted by Gasteiger charge is -2.08. The normalized spacial score (nSPS) is 10.1. The SMILES string of the molecule is NC(=S)c1nccnc1Oc1ccc(Cl)c(F)c1. The quantitative estimate of drug-likeness (QED) is 0.878. The molecule has 0 aliphatic rings. The molecule has 0 fully saturated rings. The summed E-state index contributed by atoms with van der Waals surface area (Å²) < 4.78 is 18.6. The van der Waals surface area contributed by atoms with Gasteiger partial charge < -0.3 is 10.5 Å². The Bertz CT molecular complexity index is 609. The summed E-state index contributed by atoms with van der Waals surface area (Å²) in [6.07, 6.45) is 2.85. The molecule has 0 unspecified atom stereocenters. The van der Waals surface area contributed by atoms with E-state index in [2.05, 4.69) is 9.97 Å². The van der Waals surface area contributed by atoms with Gasteiger partial charge in [-0.2, -0.15) is 0 Å². The molecule has 0 saturated heterocycles. The van der Waals surface area contributed by atoms with Gasteiger partial charge in [-0.1, -0.05) is 23.8 Å².